The van der Waals surface area contributed by atoms with Crippen molar-refractivity contribution < 1.29 is 14.1 Å². The van der Waals surface area contributed by atoms with Crippen molar-refractivity contribution in [2.24, 2.45) is 0 Å². The molecule has 0 aliphatic carbocycles. The van der Waals surface area contributed by atoms with Gasteiger partial charge in [-0.2, -0.15) is 0 Å². The van der Waals surface area contributed by atoms with E-state index in [1.54, 1.807) is 0 Å². The van der Waals surface area contributed by atoms with E-state index < -0.39 is 0 Å². The first kappa shape index (κ1) is 17.2. The molecule has 0 amide bonds. The molecule has 2 aromatic heterocycles. The van der Waals surface area contributed by atoms with Crippen molar-refractivity contribution in [3.63, 3.8) is 0 Å². The highest BCUT2D eigenvalue weighted by molar-refractivity contribution is 7.13. The van der Waals surface area contributed by atoms with Gasteiger partial charge in [0, 0.05) is 16.5 Å². The maximum absolute atomic E-state index is 12.1. The summed E-state index contributed by atoms with van der Waals surface area (Å²) in [7, 11) is 0. The van der Waals surface area contributed by atoms with E-state index in [0.717, 1.165) is 16.2 Å². The molecule has 7 heteroatoms. The molecule has 2 heterocycles. The number of aromatic nitrogens is 2. The van der Waals surface area contributed by atoms with Crippen LogP contribution < -0.4 is 5.32 Å². The summed E-state index contributed by atoms with van der Waals surface area (Å²) in [5.74, 6) is -0.366. The number of anilines is 2. The molecule has 0 saturated carbocycles. The first-order chi connectivity index (χ1) is 13.2. The van der Waals surface area contributed by atoms with Crippen molar-refractivity contribution in [1.82, 2.24) is 10.1 Å². The highest BCUT2D eigenvalue weighted by Crippen LogP contribution is 2.22. The summed E-state index contributed by atoms with van der Waals surface area (Å²) in [6.07, 6.45) is 0.0651. The summed E-state index contributed by atoms with van der Waals surface area (Å²) in [5.41, 5.74) is 4.11. The predicted molar refractivity (Wildman–Crippen MR) is 104 cm³/mol. The Balaban J connectivity index is 1.33. The fourth-order valence-electron chi connectivity index (χ4n) is 2.60. The van der Waals surface area contributed by atoms with Crippen LogP contribution in [0.25, 0.3) is 11.0 Å². The zero-order valence-electron chi connectivity index (χ0n) is 14.6. The Morgan fingerprint density at radius 1 is 1.19 bits per heavy atom. The van der Waals surface area contributed by atoms with E-state index >= 15 is 0 Å². The Kier molecular flexibility index (Phi) is 4.84. The second kappa shape index (κ2) is 7.59. The number of fused-ring (bicyclic) bond motifs is 1. The van der Waals surface area contributed by atoms with Crippen LogP contribution in [0.3, 0.4) is 0 Å². The van der Waals surface area contributed by atoms with Gasteiger partial charge in [0.25, 0.3) is 0 Å². The van der Waals surface area contributed by atoms with Crippen LogP contribution in [0.5, 0.6) is 0 Å². The zero-order chi connectivity index (χ0) is 18.6. The first-order valence-electron chi connectivity index (χ1n) is 8.44. The molecule has 0 saturated heterocycles. The Hall–Kier alpha value is -3.19. The summed E-state index contributed by atoms with van der Waals surface area (Å²) in [5, 5.41) is 10.6. The summed E-state index contributed by atoms with van der Waals surface area (Å²) in [4.78, 5) is 16.6. The highest BCUT2D eigenvalue weighted by atomic mass is 32.1. The molecule has 2 aromatic carbocycles. The normalized spacial score (nSPS) is 10.9. The zero-order valence-corrected chi connectivity index (χ0v) is 15.5. The number of carbonyl (C=O) groups excluding carboxylic acids is 1. The van der Waals surface area contributed by atoms with Crippen LogP contribution in [0.15, 0.2) is 58.4 Å². The summed E-state index contributed by atoms with van der Waals surface area (Å²) in [6.45, 7) is 2.17. The van der Waals surface area contributed by atoms with E-state index in [-0.39, 0.29) is 19.0 Å². The van der Waals surface area contributed by atoms with E-state index in [4.69, 9.17) is 9.26 Å². The summed E-state index contributed by atoms with van der Waals surface area (Å²) in [6, 6.07) is 15.5. The number of esters is 1. The SMILES string of the molecule is Cc1ccc(Nc2nc(COC(=O)Cc3noc4ccccc34)cs2)cc1. The third kappa shape index (κ3) is 4.15. The number of thiazole rings is 1. The number of rotatable bonds is 6. The topological polar surface area (TPSA) is 77.3 Å². The minimum atomic E-state index is -0.366. The van der Waals surface area contributed by atoms with E-state index in [1.807, 2.05) is 60.8 Å². The van der Waals surface area contributed by atoms with Crippen LogP contribution in [-0.2, 0) is 22.6 Å². The molecular formula is C20H17N3O3S. The van der Waals surface area contributed by atoms with Crippen LogP contribution in [-0.4, -0.2) is 16.1 Å². The molecule has 0 unspecified atom stereocenters. The van der Waals surface area contributed by atoms with Gasteiger partial charge in [0.15, 0.2) is 10.7 Å². The molecule has 0 aliphatic heterocycles. The lowest BCUT2D eigenvalue weighted by Crippen LogP contribution is -2.08. The second-order valence-corrected chi connectivity index (χ2v) is 6.96. The van der Waals surface area contributed by atoms with Crippen molar-refractivity contribution in [2.75, 3.05) is 5.32 Å². The van der Waals surface area contributed by atoms with Crippen molar-refractivity contribution in [2.45, 2.75) is 20.0 Å². The van der Waals surface area contributed by atoms with Crippen molar-refractivity contribution >= 4 is 39.1 Å². The molecule has 4 rings (SSSR count). The number of para-hydroxylation sites is 1. The van der Waals surface area contributed by atoms with Crippen molar-refractivity contribution in [1.29, 1.82) is 0 Å². The fourth-order valence-corrected chi connectivity index (χ4v) is 3.31. The van der Waals surface area contributed by atoms with Crippen LogP contribution in [0.2, 0.25) is 0 Å². The number of aryl methyl sites for hydroxylation is 1. The van der Waals surface area contributed by atoms with E-state index in [0.29, 0.717) is 17.0 Å². The largest absolute Gasteiger partial charge is 0.459 e. The monoisotopic (exact) mass is 379 g/mol. The number of ether oxygens (including phenoxy) is 1. The number of hydrogen-bond donors (Lipinski definition) is 1. The minimum Gasteiger partial charge on any atom is -0.459 e. The predicted octanol–water partition coefficient (Wildman–Crippen LogP) is 4.62. The minimum absolute atomic E-state index is 0.0651. The first-order valence-corrected chi connectivity index (χ1v) is 9.32. The molecule has 136 valence electrons. The van der Waals surface area contributed by atoms with Crippen molar-refractivity contribution in [3.05, 3.63) is 70.9 Å². The molecule has 0 fully saturated rings. The molecule has 4 aromatic rings. The highest BCUT2D eigenvalue weighted by Gasteiger charge is 2.14. The van der Waals surface area contributed by atoms with Gasteiger partial charge in [-0.3, -0.25) is 4.79 Å². The molecule has 0 bridgehead atoms. The summed E-state index contributed by atoms with van der Waals surface area (Å²) < 4.78 is 10.5. The molecular weight excluding hydrogens is 362 g/mol. The maximum atomic E-state index is 12.1. The Morgan fingerprint density at radius 2 is 2.00 bits per heavy atom. The van der Waals surface area contributed by atoms with Gasteiger partial charge in [-0.1, -0.05) is 35.0 Å². The molecule has 27 heavy (non-hydrogen) atoms. The van der Waals surface area contributed by atoms with Crippen LogP contribution >= 0.6 is 11.3 Å². The number of nitrogens with one attached hydrogen (secondary N) is 1. The molecule has 0 aliphatic rings. The lowest BCUT2D eigenvalue weighted by Gasteiger charge is -2.03. The van der Waals surface area contributed by atoms with Gasteiger partial charge in [0.05, 0.1) is 12.1 Å². The van der Waals surface area contributed by atoms with Gasteiger partial charge in [0.2, 0.25) is 0 Å². The Labute approximate surface area is 159 Å². The quantitative estimate of drug-likeness (QED) is 0.493. The second-order valence-electron chi connectivity index (χ2n) is 6.10. The Morgan fingerprint density at radius 3 is 2.85 bits per heavy atom. The molecule has 6 nitrogen and oxygen atoms in total. The smallest absolute Gasteiger partial charge is 0.312 e. The van der Waals surface area contributed by atoms with Gasteiger partial charge in [-0.15, -0.1) is 11.3 Å². The molecule has 0 atom stereocenters. The van der Waals surface area contributed by atoms with Crippen LogP contribution in [0.1, 0.15) is 17.0 Å². The van der Waals surface area contributed by atoms with E-state index in [1.165, 1.54) is 16.9 Å². The average molecular weight is 379 g/mol. The number of carbonyl (C=O) groups is 1. The van der Waals surface area contributed by atoms with Crippen LogP contribution in [0.4, 0.5) is 10.8 Å². The van der Waals surface area contributed by atoms with Crippen LogP contribution in [0, 0.1) is 6.92 Å². The van der Waals surface area contributed by atoms with Gasteiger partial charge >= 0.3 is 5.97 Å². The number of nitrogens with zero attached hydrogens (tertiary/aromatic N) is 2. The third-order valence-electron chi connectivity index (χ3n) is 4.00. The average Bonchev–Trinajstić information content (AvgIpc) is 3.29. The van der Waals surface area contributed by atoms with Gasteiger partial charge in [0.1, 0.15) is 12.3 Å². The lowest BCUT2D eigenvalue weighted by atomic mass is 10.2. The summed E-state index contributed by atoms with van der Waals surface area (Å²) >= 11 is 1.47. The molecule has 0 radical (unpaired) electrons. The van der Waals surface area contributed by atoms with Gasteiger partial charge < -0.3 is 14.6 Å². The van der Waals surface area contributed by atoms with E-state index in [9.17, 15) is 4.79 Å². The maximum Gasteiger partial charge on any atom is 0.312 e. The number of hydrogen-bond acceptors (Lipinski definition) is 7. The standard InChI is InChI=1S/C20H17N3O3S/c1-13-6-8-14(9-7-13)21-20-22-15(12-27-20)11-25-19(24)10-17-16-4-2-3-5-18(16)26-23-17/h2-9,12H,10-11H2,1H3,(H,21,22). The molecule has 0 spiro atoms. The lowest BCUT2D eigenvalue weighted by molar-refractivity contribution is -0.144. The van der Waals surface area contributed by atoms with Crippen molar-refractivity contribution in [3.8, 4) is 0 Å². The number of benzene rings is 2. The van der Waals surface area contributed by atoms with E-state index in [2.05, 4.69) is 15.5 Å². The molecule has 1 N–H and O–H groups in total. The van der Waals surface area contributed by atoms with Gasteiger partial charge in [-0.05, 0) is 31.2 Å². The Bertz CT molecular complexity index is 1070. The van der Waals surface area contributed by atoms with Gasteiger partial charge in [-0.25, -0.2) is 4.98 Å². The fraction of sp³-hybridized carbons (Fsp3) is 0.150. The third-order valence-corrected chi connectivity index (χ3v) is 4.81.